The first-order valence-corrected chi connectivity index (χ1v) is 9.21. The topological polar surface area (TPSA) is 29.5 Å². The standard InChI is InChI=1S/C19H31NO2/c1-16-7-5-8-17(13-16)22-14-18(21)20-12-6-11-19(15-20)9-3-2-4-10-19/h2-3,16-17H,4-15H2,1H3. The first-order valence-electron chi connectivity index (χ1n) is 9.21. The summed E-state index contributed by atoms with van der Waals surface area (Å²) < 4.78 is 5.94. The Kier molecular flexibility index (Phi) is 5.22. The van der Waals surface area contributed by atoms with E-state index in [9.17, 15) is 4.79 Å². The smallest absolute Gasteiger partial charge is 0.248 e. The van der Waals surface area contributed by atoms with Crippen LogP contribution in [0.3, 0.4) is 0 Å². The van der Waals surface area contributed by atoms with E-state index in [1.807, 2.05) is 0 Å². The molecule has 3 heteroatoms. The molecule has 2 fully saturated rings. The largest absolute Gasteiger partial charge is 0.368 e. The molecule has 3 atom stereocenters. The number of nitrogens with zero attached hydrogens (tertiary/aromatic N) is 1. The molecule has 1 amide bonds. The maximum Gasteiger partial charge on any atom is 0.248 e. The number of carbonyl (C=O) groups is 1. The van der Waals surface area contributed by atoms with Gasteiger partial charge < -0.3 is 9.64 Å². The molecule has 1 saturated heterocycles. The molecule has 22 heavy (non-hydrogen) atoms. The molecule has 3 rings (SSSR count). The lowest BCUT2D eigenvalue weighted by atomic mass is 9.71. The Bertz CT molecular complexity index is 420. The number of rotatable bonds is 3. The van der Waals surface area contributed by atoms with Crippen molar-refractivity contribution in [3.63, 3.8) is 0 Å². The molecule has 0 aromatic rings. The van der Waals surface area contributed by atoms with E-state index in [4.69, 9.17) is 4.74 Å². The van der Waals surface area contributed by atoms with Gasteiger partial charge >= 0.3 is 0 Å². The van der Waals surface area contributed by atoms with Gasteiger partial charge in [0, 0.05) is 13.1 Å². The van der Waals surface area contributed by atoms with Crippen molar-refractivity contribution >= 4 is 5.91 Å². The van der Waals surface area contributed by atoms with Crippen molar-refractivity contribution in [3.8, 4) is 0 Å². The molecule has 1 saturated carbocycles. The Morgan fingerprint density at radius 2 is 2.18 bits per heavy atom. The summed E-state index contributed by atoms with van der Waals surface area (Å²) in [4.78, 5) is 14.6. The average molecular weight is 305 g/mol. The molecule has 0 radical (unpaired) electrons. The van der Waals surface area contributed by atoms with Gasteiger partial charge in [0.15, 0.2) is 0 Å². The lowest BCUT2D eigenvalue weighted by molar-refractivity contribution is -0.142. The van der Waals surface area contributed by atoms with E-state index < -0.39 is 0 Å². The second-order valence-electron chi connectivity index (χ2n) is 7.84. The molecule has 1 heterocycles. The normalized spacial score (nSPS) is 35.8. The zero-order valence-electron chi connectivity index (χ0n) is 14.1. The molecular formula is C19H31NO2. The molecule has 3 unspecified atom stereocenters. The van der Waals surface area contributed by atoms with Crippen molar-refractivity contribution in [2.45, 2.75) is 70.8 Å². The van der Waals surface area contributed by atoms with E-state index in [0.717, 1.165) is 44.7 Å². The lowest BCUT2D eigenvalue weighted by Gasteiger charge is -2.44. The van der Waals surface area contributed by atoms with E-state index in [2.05, 4.69) is 24.0 Å². The predicted molar refractivity (Wildman–Crippen MR) is 88.6 cm³/mol. The fourth-order valence-corrected chi connectivity index (χ4v) is 4.54. The summed E-state index contributed by atoms with van der Waals surface area (Å²) in [5.41, 5.74) is 0.363. The molecule has 1 spiro atoms. The molecular weight excluding hydrogens is 274 g/mol. The molecule has 0 aromatic carbocycles. The van der Waals surface area contributed by atoms with Gasteiger partial charge in [-0.1, -0.05) is 31.9 Å². The third-order valence-corrected chi connectivity index (χ3v) is 5.90. The van der Waals surface area contributed by atoms with Crippen molar-refractivity contribution in [2.75, 3.05) is 19.7 Å². The highest BCUT2D eigenvalue weighted by Gasteiger charge is 2.36. The second kappa shape index (κ2) is 7.16. The van der Waals surface area contributed by atoms with Gasteiger partial charge in [0.25, 0.3) is 0 Å². The van der Waals surface area contributed by atoms with Gasteiger partial charge in [0.2, 0.25) is 5.91 Å². The maximum absolute atomic E-state index is 12.5. The Morgan fingerprint density at radius 1 is 1.27 bits per heavy atom. The van der Waals surface area contributed by atoms with E-state index >= 15 is 0 Å². The van der Waals surface area contributed by atoms with Crippen molar-refractivity contribution in [2.24, 2.45) is 11.3 Å². The van der Waals surface area contributed by atoms with Gasteiger partial charge in [0.1, 0.15) is 6.61 Å². The third kappa shape index (κ3) is 3.92. The number of carbonyl (C=O) groups excluding carboxylic acids is 1. The molecule has 0 bridgehead atoms. The van der Waals surface area contributed by atoms with E-state index in [0.29, 0.717) is 18.1 Å². The summed E-state index contributed by atoms with van der Waals surface area (Å²) in [7, 11) is 0. The van der Waals surface area contributed by atoms with Gasteiger partial charge in [0.05, 0.1) is 6.10 Å². The van der Waals surface area contributed by atoms with E-state index in [-0.39, 0.29) is 5.91 Å². The number of likely N-dealkylation sites (tertiary alicyclic amines) is 1. The number of hydrogen-bond donors (Lipinski definition) is 0. The number of allylic oxidation sites excluding steroid dienone is 2. The minimum absolute atomic E-state index is 0.215. The van der Waals surface area contributed by atoms with Crippen molar-refractivity contribution in [1.82, 2.24) is 4.90 Å². The van der Waals surface area contributed by atoms with Gasteiger partial charge in [-0.3, -0.25) is 4.79 Å². The van der Waals surface area contributed by atoms with Crippen LogP contribution in [0.1, 0.15) is 64.7 Å². The Balaban J connectivity index is 1.48. The predicted octanol–water partition coefficient (Wildman–Crippen LogP) is 3.93. The van der Waals surface area contributed by atoms with Gasteiger partial charge in [-0.2, -0.15) is 0 Å². The van der Waals surface area contributed by atoms with Gasteiger partial charge in [-0.25, -0.2) is 0 Å². The van der Waals surface area contributed by atoms with E-state index in [1.165, 1.54) is 32.1 Å². The fourth-order valence-electron chi connectivity index (χ4n) is 4.54. The molecule has 124 valence electrons. The van der Waals surface area contributed by atoms with E-state index in [1.54, 1.807) is 0 Å². The molecule has 2 aliphatic carbocycles. The average Bonchev–Trinajstić information content (AvgIpc) is 2.53. The van der Waals surface area contributed by atoms with Crippen LogP contribution in [-0.2, 0) is 9.53 Å². The van der Waals surface area contributed by atoms with Crippen LogP contribution >= 0.6 is 0 Å². The Hall–Kier alpha value is -0.830. The van der Waals surface area contributed by atoms with Crippen LogP contribution in [0.5, 0.6) is 0 Å². The SMILES string of the molecule is CC1CCCC(OCC(=O)N2CCCC3(CC=CCC3)C2)C1. The summed E-state index contributed by atoms with van der Waals surface area (Å²) in [6.07, 6.45) is 15.7. The Morgan fingerprint density at radius 3 is 2.95 bits per heavy atom. The summed E-state index contributed by atoms with van der Waals surface area (Å²) in [5, 5.41) is 0. The van der Waals surface area contributed by atoms with Crippen LogP contribution in [-0.4, -0.2) is 36.6 Å². The van der Waals surface area contributed by atoms with Crippen LogP contribution in [0, 0.1) is 11.3 Å². The minimum Gasteiger partial charge on any atom is -0.368 e. The van der Waals surface area contributed by atoms with Gasteiger partial charge in [-0.15, -0.1) is 0 Å². The zero-order chi connectivity index (χ0) is 15.4. The van der Waals surface area contributed by atoms with Crippen LogP contribution in [0.4, 0.5) is 0 Å². The van der Waals surface area contributed by atoms with Gasteiger partial charge in [-0.05, 0) is 56.3 Å². The third-order valence-electron chi connectivity index (χ3n) is 5.90. The highest BCUT2D eigenvalue weighted by atomic mass is 16.5. The Labute approximate surface area is 135 Å². The zero-order valence-corrected chi connectivity index (χ0v) is 14.1. The number of amides is 1. The monoisotopic (exact) mass is 305 g/mol. The first-order chi connectivity index (χ1) is 10.7. The first kappa shape index (κ1) is 16.0. The maximum atomic E-state index is 12.5. The second-order valence-corrected chi connectivity index (χ2v) is 7.84. The highest BCUT2D eigenvalue weighted by molar-refractivity contribution is 5.77. The summed E-state index contributed by atoms with van der Waals surface area (Å²) in [5.74, 6) is 0.966. The fraction of sp³-hybridized carbons (Fsp3) is 0.842. The molecule has 1 aliphatic heterocycles. The summed E-state index contributed by atoms with van der Waals surface area (Å²) in [6.45, 7) is 4.46. The van der Waals surface area contributed by atoms with Crippen molar-refractivity contribution < 1.29 is 9.53 Å². The number of ether oxygens (including phenoxy) is 1. The number of hydrogen-bond acceptors (Lipinski definition) is 2. The molecule has 0 aromatic heterocycles. The van der Waals surface area contributed by atoms with Crippen LogP contribution in [0.25, 0.3) is 0 Å². The highest BCUT2D eigenvalue weighted by Crippen LogP contribution is 2.40. The van der Waals surface area contributed by atoms with Crippen molar-refractivity contribution in [3.05, 3.63) is 12.2 Å². The summed E-state index contributed by atoms with van der Waals surface area (Å²) >= 11 is 0. The van der Waals surface area contributed by atoms with Crippen LogP contribution < -0.4 is 0 Å². The number of piperidine rings is 1. The summed E-state index contributed by atoms with van der Waals surface area (Å²) in [6, 6.07) is 0. The molecule has 0 N–H and O–H groups in total. The lowest BCUT2D eigenvalue weighted by Crippen LogP contribution is -2.48. The quantitative estimate of drug-likeness (QED) is 0.739. The van der Waals surface area contributed by atoms with Crippen LogP contribution in [0.15, 0.2) is 12.2 Å². The molecule has 3 aliphatic rings. The minimum atomic E-state index is 0.215. The molecule has 3 nitrogen and oxygen atoms in total. The van der Waals surface area contributed by atoms with Crippen LogP contribution in [0.2, 0.25) is 0 Å². The van der Waals surface area contributed by atoms with Crippen molar-refractivity contribution in [1.29, 1.82) is 0 Å².